The fourth-order valence-electron chi connectivity index (χ4n) is 3.67. The molecular weight excluding hydrogens is 454 g/mol. The van der Waals surface area contributed by atoms with E-state index in [4.69, 9.17) is 11.1 Å². The van der Waals surface area contributed by atoms with Crippen LogP contribution in [0.5, 0.6) is 0 Å². The molecule has 4 rings (SSSR count). The van der Waals surface area contributed by atoms with Crippen molar-refractivity contribution in [2.24, 2.45) is 5.73 Å². The maximum Gasteiger partial charge on any atom is 0.277 e. The second-order valence-electron chi connectivity index (χ2n) is 8.18. The van der Waals surface area contributed by atoms with E-state index in [2.05, 4.69) is 20.6 Å². The van der Waals surface area contributed by atoms with Crippen LogP contribution in [0.25, 0.3) is 11.4 Å². The fraction of sp³-hybridized carbons (Fsp3) is 0.148. The molecule has 4 aromatic rings. The Labute approximate surface area is 208 Å². The SMILES string of the molecule is N=C(N)c1ccc(CNC(=O)Cn2c(-c3cccnc3)ncc(NCCc3ccccc3)c2=O)cc1. The van der Waals surface area contributed by atoms with Gasteiger partial charge in [0.2, 0.25) is 5.91 Å². The van der Waals surface area contributed by atoms with Gasteiger partial charge in [0.25, 0.3) is 5.56 Å². The van der Waals surface area contributed by atoms with Crippen LogP contribution >= 0.6 is 0 Å². The highest BCUT2D eigenvalue weighted by Crippen LogP contribution is 2.15. The average molecular weight is 482 g/mol. The number of hydrogen-bond acceptors (Lipinski definition) is 6. The molecule has 0 fully saturated rings. The van der Waals surface area contributed by atoms with Crippen LogP contribution in [0.15, 0.2) is 90.1 Å². The van der Waals surface area contributed by atoms with Crippen molar-refractivity contribution < 1.29 is 4.79 Å². The van der Waals surface area contributed by atoms with Crippen LogP contribution in [-0.2, 0) is 24.3 Å². The molecule has 0 aliphatic rings. The third-order valence-corrected chi connectivity index (χ3v) is 5.60. The normalized spacial score (nSPS) is 10.6. The van der Waals surface area contributed by atoms with Gasteiger partial charge >= 0.3 is 0 Å². The van der Waals surface area contributed by atoms with Crippen LogP contribution in [-0.4, -0.2) is 32.8 Å². The maximum atomic E-state index is 13.3. The van der Waals surface area contributed by atoms with Gasteiger partial charge < -0.3 is 16.4 Å². The molecule has 0 saturated carbocycles. The van der Waals surface area contributed by atoms with E-state index in [9.17, 15) is 9.59 Å². The Balaban J connectivity index is 1.50. The number of benzene rings is 2. The van der Waals surface area contributed by atoms with Crippen LogP contribution in [0.2, 0.25) is 0 Å². The van der Waals surface area contributed by atoms with E-state index in [1.807, 2.05) is 30.3 Å². The highest BCUT2D eigenvalue weighted by molar-refractivity contribution is 5.94. The van der Waals surface area contributed by atoms with Gasteiger partial charge in [-0.25, -0.2) is 4.98 Å². The van der Waals surface area contributed by atoms with Crippen LogP contribution in [0, 0.1) is 5.41 Å². The third kappa shape index (κ3) is 6.20. The zero-order chi connectivity index (χ0) is 25.3. The van der Waals surface area contributed by atoms with Crippen LogP contribution in [0.3, 0.4) is 0 Å². The van der Waals surface area contributed by atoms with Gasteiger partial charge in [0.1, 0.15) is 23.9 Å². The summed E-state index contributed by atoms with van der Waals surface area (Å²) in [6.45, 7) is 0.627. The summed E-state index contributed by atoms with van der Waals surface area (Å²) in [5.41, 5.74) is 8.73. The molecular formula is C27H27N7O2. The Morgan fingerprint density at radius 1 is 0.972 bits per heavy atom. The van der Waals surface area contributed by atoms with E-state index < -0.39 is 0 Å². The van der Waals surface area contributed by atoms with Gasteiger partial charge in [-0.3, -0.25) is 24.5 Å². The van der Waals surface area contributed by atoms with Crippen molar-refractivity contribution in [3.8, 4) is 11.4 Å². The van der Waals surface area contributed by atoms with E-state index in [1.165, 1.54) is 10.8 Å². The number of rotatable bonds is 10. The first-order valence-electron chi connectivity index (χ1n) is 11.5. The number of pyridine rings is 1. The monoisotopic (exact) mass is 481 g/mol. The summed E-state index contributed by atoms with van der Waals surface area (Å²) >= 11 is 0. The van der Waals surface area contributed by atoms with Crippen LogP contribution < -0.4 is 21.9 Å². The molecule has 0 bridgehead atoms. The first kappa shape index (κ1) is 24.3. The molecule has 0 saturated heterocycles. The van der Waals surface area contributed by atoms with E-state index in [-0.39, 0.29) is 30.4 Å². The highest BCUT2D eigenvalue weighted by atomic mass is 16.2. The van der Waals surface area contributed by atoms with Gasteiger partial charge in [0, 0.05) is 36.6 Å². The summed E-state index contributed by atoms with van der Waals surface area (Å²) in [7, 11) is 0. The minimum Gasteiger partial charge on any atom is -0.384 e. The molecule has 2 aromatic heterocycles. The topological polar surface area (TPSA) is 139 Å². The van der Waals surface area contributed by atoms with Crippen molar-refractivity contribution in [2.75, 3.05) is 11.9 Å². The first-order valence-corrected chi connectivity index (χ1v) is 11.5. The van der Waals surface area contributed by atoms with E-state index >= 15 is 0 Å². The smallest absolute Gasteiger partial charge is 0.277 e. The summed E-state index contributed by atoms with van der Waals surface area (Å²) < 4.78 is 1.36. The molecule has 0 spiro atoms. The molecule has 0 atom stereocenters. The lowest BCUT2D eigenvalue weighted by molar-refractivity contribution is -0.121. The van der Waals surface area contributed by atoms with Gasteiger partial charge in [-0.2, -0.15) is 0 Å². The van der Waals surface area contributed by atoms with E-state index in [0.29, 0.717) is 29.2 Å². The van der Waals surface area contributed by atoms with Gasteiger partial charge in [-0.05, 0) is 29.7 Å². The van der Waals surface area contributed by atoms with Crippen molar-refractivity contribution in [3.05, 3.63) is 112 Å². The number of hydrogen-bond donors (Lipinski definition) is 4. The van der Waals surface area contributed by atoms with Crippen LogP contribution in [0.4, 0.5) is 5.69 Å². The minimum absolute atomic E-state index is 0.0161. The van der Waals surface area contributed by atoms with E-state index in [1.54, 1.807) is 48.8 Å². The molecule has 0 aliphatic carbocycles. The molecule has 0 aliphatic heterocycles. The number of nitrogens with zero attached hydrogens (tertiary/aromatic N) is 3. The van der Waals surface area contributed by atoms with Crippen molar-refractivity contribution in [1.29, 1.82) is 5.41 Å². The third-order valence-electron chi connectivity index (χ3n) is 5.60. The number of carbonyl (C=O) groups excluding carboxylic acids is 1. The fourth-order valence-corrected chi connectivity index (χ4v) is 3.67. The summed E-state index contributed by atoms with van der Waals surface area (Å²) in [6, 6.07) is 20.6. The Kier molecular flexibility index (Phi) is 7.82. The Morgan fingerprint density at radius 2 is 1.75 bits per heavy atom. The number of anilines is 1. The summed E-state index contributed by atoms with van der Waals surface area (Å²) in [5.74, 6) is 0.0152. The molecule has 2 heterocycles. The maximum absolute atomic E-state index is 13.3. The second kappa shape index (κ2) is 11.6. The van der Waals surface area contributed by atoms with Gasteiger partial charge in [0.05, 0.1) is 6.20 Å². The molecule has 182 valence electrons. The van der Waals surface area contributed by atoms with E-state index in [0.717, 1.165) is 17.5 Å². The Morgan fingerprint density at radius 3 is 2.44 bits per heavy atom. The zero-order valence-electron chi connectivity index (χ0n) is 19.6. The van der Waals surface area contributed by atoms with Crippen molar-refractivity contribution in [1.82, 2.24) is 19.9 Å². The first-order chi connectivity index (χ1) is 17.5. The number of nitrogen functional groups attached to an aromatic ring is 1. The minimum atomic E-state index is -0.335. The number of nitrogens with one attached hydrogen (secondary N) is 3. The molecule has 2 aromatic carbocycles. The number of nitrogens with two attached hydrogens (primary N) is 1. The highest BCUT2D eigenvalue weighted by Gasteiger charge is 2.15. The van der Waals surface area contributed by atoms with Crippen molar-refractivity contribution in [3.63, 3.8) is 0 Å². The average Bonchev–Trinajstić information content (AvgIpc) is 2.91. The summed E-state index contributed by atoms with van der Waals surface area (Å²) in [4.78, 5) is 34.8. The van der Waals surface area contributed by atoms with Crippen molar-refractivity contribution in [2.45, 2.75) is 19.5 Å². The van der Waals surface area contributed by atoms with Gasteiger partial charge in [0.15, 0.2) is 0 Å². The zero-order valence-corrected chi connectivity index (χ0v) is 19.6. The number of amides is 1. The molecule has 5 N–H and O–H groups in total. The Bertz CT molecular complexity index is 1390. The molecule has 0 unspecified atom stereocenters. The Hall–Kier alpha value is -4.79. The number of amidine groups is 1. The lowest BCUT2D eigenvalue weighted by Crippen LogP contribution is -2.34. The van der Waals surface area contributed by atoms with Crippen LogP contribution in [0.1, 0.15) is 16.7 Å². The predicted molar refractivity (Wildman–Crippen MR) is 140 cm³/mol. The second-order valence-corrected chi connectivity index (χ2v) is 8.18. The lowest BCUT2D eigenvalue weighted by atomic mass is 10.1. The summed E-state index contributed by atoms with van der Waals surface area (Å²) in [5, 5.41) is 13.5. The van der Waals surface area contributed by atoms with Crippen molar-refractivity contribution >= 4 is 17.4 Å². The summed E-state index contributed by atoms with van der Waals surface area (Å²) in [6.07, 6.45) is 5.49. The molecule has 1 amide bonds. The standard InChI is InChI=1S/C27H27N7O2/c28-25(29)21-10-8-20(9-11-21)15-32-24(35)18-34-26(22-7-4-13-30-16-22)33-17-23(27(34)36)31-14-12-19-5-2-1-3-6-19/h1-11,13,16-17,31H,12,14-15,18H2,(H3,28,29)(H,32,35). The number of aromatic nitrogens is 3. The lowest BCUT2D eigenvalue weighted by Gasteiger charge is -2.15. The van der Waals surface area contributed by atoms with Gasteiger partial charge in [-0.15, -0.1) is 0 Å². The molecule has 0 radical (unpaired) electrons. The quantitative estimate of drug-likeness (QED) is 0.203. The van der Waals surface area contributed by atoms with Gasteiger partial charge in [-0.1, -0.05) is 54.6 Å². The number of carbonyl (C=O) groups is 1. The molecule has 36 heavy (non-hydrogen) atoms. The largest absolute Gasteiger partial charge is 0.384 e. The molecule has 9 nitrogen and oxygen atoms in total. The molecule has 9 heteroatoms. The predicted octanol–water partition coefficient (Wildman–Crippen LogP) is 2.56.